The number of phenolic OH excluding ortho intramolecular Hbond substituents is 2. The SMILES string of the molecule is Cc1cccc(O)c1-c1c(C)c(C(C)c2ccccc2)cc(S(=O)(=O)O)c1O. The lowest BCUT2D eigenvalue weighted by Gasteiger charge is -2.22. The van der Waals surface area contributed by atoms with Crippen molar-refractivity contribution in [3.8, 4) is 22.6 Å². The Hall–Kier alpha value is -2.83. The van der Waals surface area contributed by atoms with Crippen molar-refractivity contribution in [3.05, 3.63) is 76.9 Å². The first-order valence-electron chi connectivity index (χ1n) is 8.80. The summed E-state index contributed by atoms with van der Waals surface area (Å²) in [6.45, 7) is 5.45. The van der Waals surface area contributed by atoms with Gasteiger partial charge in [-0.25, -0.2) is 0 Å². The molecule has 6 heteroatoms. The smallest absolute Gasteiger partial charge is 0.298 e. The molecule has 0 amide bonds. The molecule has 0 saturated heterocycles. The van der Waals surface area contributed by atoms with Crippen molar-refractivity contribution in [3.63, 3.8) is 0 Å². The summed E-state index contributed by atoms with van der Waals surface area (Å²) in [5.41, 5.74) is 3.43. The van der Waals surface area contributed by atoms with Crippen molar-refractivity contribution < 1.29 is 23.2 Å². The summed E-state index contributed by atoms with van der Waals surface area (Å²) in [5, 5.41) is 21.1. The minimum atomic E-state index is -4.68. The largest absolute Gasteiger partial charge is 0.507 e. The highest BCUT2D eigenvalue weighted by Crippen LogP contribution is 2.46. The van der Waals surface area contributed by atoms with E-state index in [1.807, 2.05) is 37.3 Å². The maximum Gasteiger partial charge on any atom is 0.298 e. The Labute approximate surface area is 164 Å². The maximum absolute atomic E-state index is 12.0. The third-order valence-corrected chi connectivity index (χ3v) is 5.98. The topological polar surface area (TPSA) is 94.8 Å². The number of hydrogen-bond acceptors (Lipinski definition) is 4. The number of rotatable bonds is 4. The second-order valence-corrected chi connectivity index (χ2v) is 8.28. The molecule has 0 aromatic heterocycles. The molecule has 0 aliphatic carbocycles. The van der Waals surface area contributed by atoms with Gasteiger partial charge in [-0.15, -0.1) is 0 Å². The molecule has 1 unspecified atom stereocenters. The maximum atomic E-state index is 12.0. The first-order valence-corrected chi connectivity index (χ1v) is 10.2. The summed E-state index contributed by atoms with van der Waals surface area (Å²) < 4.78 is 33.6. The van der Waals surface area contributed by atoms with Gasteiger partial charge in [0.15, 0.2) is 0 Å². The normalized spacial score (nSPS) is 12.7. The molecular formula is C22H22O5S. The van der Waals surface area contributed by atoms with E-state index >= 15 is 0 Å². The molecule has 5 nitrogen and oxygen atoms in total. The van der Waals surface area contributed by atoms with Gasteiger partial charge in [0.25, 0.3) is 10.1 Å². The highest BCUT2D eigenvalue weighted by atomic mass is 32.2. The first-order chi connectivity index (χ1) is 13.1. The molecule has 3 rings (SSSR count). The molecule has 0 fully saturated rings. The third kappa shape index (κ3) is 3.48. The zero-order chi connectivity index (χ0) is 20.6. The van der Waals surface area contributed by atoms with Gasteiger partial charge >= 0.3 is 0 Å². The van der Waals surface area contributed by atoms with Crippen LogP contribution in [0.1, 0.15) is 35.1 Å². The monoisotopic (exact) mass is 398 g/mol. The molecule has 1 atom stereocenters. The van der Waals surface area contributed by atoms with E-state index in [2.05, 4.69) is 0 Å². The van der Waals surface area contributed by atoms with Crippen LogP contribution in [0, 0.1) is 13.8 Å². The Morgan fingerprint density at radius 3 is 2.11 bits per heavy atom. The van der Waals surface area contributed by atoms with Gasteiger partial charge in [-0.1, -0.05) is 49.4 Å². The molecule has 3 aromatic rings. The van der Waals surface area contributed by atoms with Gasteiger partial charge < -0.3 is 10.2 Å². The summed E-state index contributed by atoms with van der Waals surface area (Å²) in [5.74, 6) is -0.856. The van der Waals surface area contributed by atoms with Crippen molar-refractivity contribution >= 4 is 10.1 Å². The van der Waals surface area contributed by atoms with E-state index in [4.69, 9.17) is 0 Å². The second kappa shape index (κ2) is 7.30. The van der Waals surface area contributed by atoms with Gasteiger partial charge in [0.1, 0.15) is 16.4 Å². The quantitative estimate of drug-likeness (QED) is 0.550. The fraction of sp³-hybridized carbons (Fsp3) is 0.182. The van der Waals surface area contributed by atoms with Crippen LogP contribution in [-0.2, 0) is 10.1 Å². The van der Waals surface area contributed by atoms with Crippen molar-refractivity contribution in [2.45, 2.75) is 31.6 Å². The van der Waals surface area contributed by atoms with Crippen LogP contribution in [0.25, 0.3) is 11.1 Å². The number of benzene rings is 3. The average molecular weight is 398 g/mol. The lowest BCUT2D eigenvalue weighted by atomic mass is 9.85. The van der Waals surface area contributed by atoms with Gasteiger partial charge in [0, 0.05) is 17.0 Å². The van der Waals surface area contributed by atoms with Crippen LogP contribution >= 0.6 is 0 Å². The predicted octanol–water partition coefficient (Wildman–Crippen LogP) is 4.78. The van der Waals surface area contributed by atoms with E-state index in [9.17, 15) is 23.2 Å². The summed E-state index contributed by atoms with van der Waals surface area (Å²) in [6, 6.07) is 15.7. The molecule has 146 valence electrons. The second-order valence-electron chi connectivity index (χ2n) is 6.89. The summed E-state index contributed by atoms with van der Waals surface area (Å²) in [4.78, 5) is -0.575. The minimum Gasteiger partial charge on any atom is -0.507 e. The molecule has 0 bridgehead atoms. The van der Waals surface area contributed by atoms with Crippen molar-refractivity contribution in [2.24, 2.45) is 0 Å². The minimum absolute atomic E-state index is 0.0794. The molecule has 0 aliphatic heterocycles. The zero-order valence-electron chi connectivity index (χ0n) is 15.8. The highest BCUT2D eigenvalue weighted by molar-refractivity contribution is 7.86. The standard InChI is InChI=1S/C22H22O5S/c1-13-8-7-11-18(23)20(13)21-15(3)17(12-19(22(21)24)28(25,26)27)14(2)16-9-5-4-6-10-16/h4-12,14,23-24H,1-3H3,(H,25,26,27). The Kier molecular flexibility index (Phi) is 5.19. The molecule has 28 heavy (non-hydrogen) atoms. The molecule has 0 heterocycles. The van der Waals surface area contributed by atoms with Gasteiger partial charge in [0.2, 0.25) is 0 Å². The van der Waals surface area contributed by atoms with Crippen LogP contribution in [0.4, 0.5) is 0 Å². The Balaban J connectivity index is 2.40. The van der Waals surface area contributed by atoms with E-state index in [1.54, 1.807) is 26.0 Å². The van der Waals surface area contributed by atoms with Crippen LogP contribution in [0.2, 0.25) is 0 Å². The molecule has 0 spiro atoms. The molecule has 3 aromatic carbocycles. The van der Waals surface area contributed by atoms with E-state index in [0.29, 0.717) is 22.3 Å². The lowest BCUT2D eigenvalue weighted by molar-refractivity contribution is 0.442. The van der Waals surface area contributed by atoms with Crippen LogP contribution in [0.3, 0.4) is 0 Å². The van der Waals surface area contributed by atoms with Gasteiger partial charge in [-0.05, 0) is 48.2 Å². The van der Waals surface area contributed by atoms with Crippen LogP contribution in [0.5, 0.6) is 11.5 Å². The number of hydrogen-bond donors (Lipinski definition) is 3. The van der Waals surface area contributed by atoms with E-state index < -0.39 is 20.8 Å². The highest BCUT2D eigenvalue weighted by Gasteiger charge is 2.27. The summed E-state index contributed by atoms with van der Waals surface area (Å²) >= 11 is 0. The Morgan fingerprint density at radius 2 is 1.54 bits per heavy atom. The fourth-order valence-electron chi connectivity index (χ4n) is 3.61. The molecule has 0 radical (unpaired) electrons. The van der Waals surface area contributed by atoms with E-state index in [1.165, 1.54) is 12.1 Å². The average Bonchev–Trinajstić information content (AvgIpc) is 2.63. The van der Waals surface area contributed by atoms with Crippen LogP contribution < -0.4 is 0 Å². The van der Waals surface area contributed by atoms with Crippen molar-refractivity contribution in [2.75, 3.05) is 0 Å². The van der Waals surface area contributed by atoms with Crippen molar-refractivity contribution in [1.82, 2.24) is 0 Å². The van der Waals surface area contributed by atoms with Gasteiger partial charge in [-0.3, -0.25) is 4.55 Å². The Morgan fingerprint density at radius 1 is 0.893 bits per heavy atom. The number of aromatic hydroxyl groups is 2. The fourth-order valence-corrected chi connectivity index (χ4v) is 4.24. The van der Waals surface area contributed by atoms with Crippen LogP contribution in [-0.4, -0.2) is 23.2 Å². The van der Waals surface area contributed by atoms with Gasteiger partial charge in [0.05, 0.1) is 0 Å². The van der Waals surface area contributed by atoms with Crippen molar-refractivity contribution in [1.29, 1.82) is 0 Å². The molecular weight excluding hydrogens is 376 g/mol. The van der Waals surface area contributed by atoms with Crippen LogP contribution in [0.15, 0.2) is 59.5 Å². The molecule has 0 aliphatic rings. The first kappa shape index (κ1) is 19.9. The van der Waals surface area contributed by atoms with Gasteiger partial charge in [-0.2, -0.15) is 8.42 Å². The summed E-state index contributed by atoms with van der Waals surface area (Å²) in [7, 11) is -4.68. The number of phenols is 2. The lowest BCUT2D eigenvalue weighted by Crippen LogP contribution is -2.07. The van der Waals surface area contributed by atoms with E-state index in [0.717, 1.165) is 5.56 Å². The third-order valence-electron chi connectivity index (χ3n) is 5.11. The molecule has 0 saturated carbocycles. The molecule has 3 N–H and O–H groups in total. The predicted molar refractivity (Wildman–Crippen MR) is 108 cm³/mol. The zero-order valence-corrected chi connectivity index (χ0v) is 16.7. The summed E-state index contributed by atoms with van der Waals surface area (Å²) in [6.07, 6.45) is 0. The Bertz CT molecular complexity index is 1120. The number of aryl methyl sites for hydroxylation is 1. The van der Waals surface area contributed by atoms with E-state index in [-0.39, 0.29) is 17.2 Å².